The van der Waals surface area contributed by atoms with Gasteiger partial charge in [-0.1, -0.05) is 25.1 Å². The monoisotopic (exact) mass is 405 g/mol. The van der Waals surface area contributed by atoms with Gasteiger partial charge in [0.25, 0.3) is 0 Å². The average molecular weight is 407 g/mol. The van der Waals surface area contributed by atoms with E-state index in [1.165, 1.54) is 6.07 Å². The smallest absolute Gasteiger partial charge is 0.128 e. The van der Waals surface area contributed by atoms with E-state index in [2.05, 4.69) is 44.1 Å². The van der Waals surface area contributed by atoms with Gasteiger partial charge in [-0.15, -0.1) is 11.3 Å². The van der Waals surface area contributed by atoms with Crippen molar-refractivity contribution in [1.82, 2.24) is 5.32 Å². The Morgan fingerprint density at radius 1 is 1.26 bits per heavy atom. The maximum Gasteiger partial charge on any atom is 0.128 e. The molecule has 0 aliphatic carbocycles. The van der Waals surface area contributed by atoms with Crippen LogP contribution in [-0.4, -0.2) is 6.54 Å². The highest BCUT2D eigenvalue weighted by Crippen LogP contribution is 2.38. The zero-order valence-electron chi connectivity index (χ0n) is 10.4. The van der Waals surface area contributed by atoms with Crippen LogP contribution in [0.15, 0.2) is 37.9 Å². The van der Waals surface area contributed by atoms with Crippen LogP contribution in [0, 0.1) is 5.82 Å². The highest BCUT2D eigenvalue weighted by molar-refractivity contribution is 9.12. The Morgan fingerprint density at radius 2 is 2.00 bits per heavy atom. The minimum Gasteiger partial charge on any atom is -0.306 e. The van der Waals surface area contributed by atoms with Gasteiger partial charge in [-0.05, 0) is 62.5 Å². The summed E-state index contributed by atoms with van der Waals surface area (Å²) in [6.45, 7) is 2.95. The third kappa shape index (κ3) is 3.66. The van der Waals surface area contributed by atoms with Crippen LogP contribution in [0.25, 0.3) is 0 Å². The molecule has 1 heterocycles. The lowest BCUT2D eigenvalue weighted by atomic mass is 10.0. The third-order valence-corrected chi connectivity index (χ3v) is 5.19. The van der Waals surface area contributed by atoms with Crippen LogP contribution in [0.1, 0.15) is 30.5 Å². The molecule has 1 unspecified atom stereocenters. The van der Waals surface area contributed by atoms with E-state index >= 15 is 0 Å². The van der Waals surface area contributed by atoms with E-state index in [0.717, 1.165) is 26.1 Å². The van der Waals surface area contributed by atoms with E-state index in [4.69, 9.17) is 0 Å². The van der Waals surface area contributed by atoms with Crippen molar-refractivity contribution in [3.05, 3.63) is 54.8 Å². The summed E-state index contributed by atoms with van der Waals surface area (Å²) < 4.78 is 16.1. The Bertz CT molecular complexity index is 556. The van der Waals surface area contributed by atoms with Gasteiger partial charge >= 0.3 is 0 Å². The maximum atomic E-state index is 14.0. The van der Waals surface area contributed by atoms with Crippen LogP contribution >= 0.6 is 43.2 Å². The van der Waals surface area contributed by atoms with Crippen LogP contribution in [0.3, 0.4) is 0 Å². The lowest BCUT2D eigenvalue weighted by molar-refractivity contribution is 0.546. The second-order valence-electron chi connectivity index (χ2n) is 4.19. The predicted molar refractivity (Wildman–Crippen MR) is 86.3 cm³/mol. The van der Waals surface area contributed by atoms with Gasteiger partial charge in [0.15, 0.2) is 0 Å². The van der Waals surface area contributed by atoms with Crippen LogP contribution in [0.2, 0.25) is 0 Å². The Kier molecular flexibility index (Phi) is 5.57. The summed E-state index contributed by atoms with van der Waals surface area (Å²) in [6.07, 6.45) is 1.01. The van der Waals surface area contributed by atoms with Crippen molar-refractivity contribution in [2.24, 2.45) is 0 Å². The molecular weight excluding hydrogens is 393 g/mol. The molecule has 0 aliphatic heterocycles. The Labute approximate surface area is 133 Å². The zero-order valence-corrected chi connectivity index (χ0v) is 14.4. The lowest BCUT2D eigenvalue weighted by Gasteiger charge is -2.19. The molecule has 0 spiro atoms. The first-order valence-electron chi connectivity index (χ1n) is 6.06. The predicted octanol–water partition coefficient (Wildman–Crippen LogP) is 5.50. The first-order chi connectivity index (χ1) is 9.13. The summed E-state index contributed by atoms with van der Waals surface area (Å²) in [5, 5.41) is 3.41. The van der Waals surface area contributed by atoms with Gasteiger partial charge in [0.1, 0.15) is 5.82 Å². The first kappa shape index (κ1) is 15.2. The van der Waals surface area contributed by atoms with E-state index < -0.39 is 0 Å². The quantitative estimate of drug-likeness (QED) is 0.690. The molecule has 19 heavy (non-hydrogen) atoms. The molecule has 1 aromatic heterocycles. The van der Waals surface area contributed by atoms with Crippen LogP contribution in [-0.2, 0) is 0 Å². The van der Waals surface area contributed by atoms with Crippen molar-refractivity contribution in [1.29, 1.82) is 0 Å². The van der Waals surface area contributed by atoms with Gasteiger partial charge in [-0.2, -0.15) is 0 Å². The summed E-state index contributed by atoms with van der Waals surface area (Å²) in [4.78, 5) is 0. The normalized spacial score (nSPS) is 12.6. The van der Waals surface area contributed by atoms with Gasteiger partial charge < -0.3 is 5.32 Å². The van der Waals surface area contributed by atoms with Gasteiger partial charge in [0.2, 0.25) is 0 Å². The topological polar surface area (TPSA) is 12.0 Å². The average Bonchev–Trinajstić information content (AvgIpc) is 2.71. The van der Waals surface area contributed by atoms with Crippen molar-refractivity contribution < 1.29 is 4.39 Å². The molecule has 0 aliphatic rings. The molecular formula is C14H14Br2FNS. The minimum atomic E-state index is -0.176. The molecule has 102 valence electrons. The number of halogens is 3. The molecule has 0 fully saturated rings. The summed E-state index contributed by atoms with van der Waals surface area (Å²) in [5.74, 6) is -0.176. The maximum absolute atomic E-state index is 14.0. The van der Waals surface area contributed by atoms with Crippen molar-refractivity contribution in [3.8, 4) is 0 Å². The van der Waals surface area contributed by atoms with Crippen LogP contribution in [0.4, 0.5) is 4.39 Å². The molecule has 1 nitrogen and oxygen atoms in total. The largest absolute Gasteiger partial charge is 0.306 e. The van der Waals surface area contributed by atoms with Crippen molar-refractivity contribution in [2.45, 2.75) is 19.4 Å². The summed E-state index contributed by atoms with van der Waals surface area (Å²) in [7, 11) is 0. The van der Waals surface area contributed by atoms with Crippen molar-refractivity contribution >= 4 is 43.2 Å². The van der Waals surface area contributed by atoms with E-state index in [9.17, 15) is 4.39 Å². The SMILES string of the molecule is CCCNC(c1ccccc1F)c1cc(Br)sc1Br. The van der Waals surface area contributed by atoms with Gasteiger partial charge in [0.05, 0.1) is 13.6 Å². The number of benzene rings is 1. The molecule has 5 heteroatoms. The molecule has 1 N–H and O–H groups in total. The number of hydrogen-bond acceptors (Lipinski definition) is 2. The molecule has 1 atom stereocenters. The summed E-state index contributed by atoms with van der Waals surface area (Å²) in [6, 6.07) is 8.83. The molecule has 0 saturated carbocycles. The molecule has 0 amide bonds. The molecule has 2 rings (SSSR count). The molecule has 2 aromatic rings. The second-order valence-corrected chi connectivity index (χ2v) is 7.94. The molecule has 1 aromatic carbocycles. The highest BCUT2D eigenvalue weighted by atomic mass is 79.9. The number of nitrogens with one attached hydrogen (secondary N) is 1. The van der Waals surface area contributed by atoms with E-state index in [0.29, 0.717) is 5.56 Å². The van der Waals surface area contributed by atoms with Crippen LogP contribution < -0.4 is 5.32 Å². The third-order valence-electron chi connectivity index (χ3n) is 2.81. The minimum absolute atomic E-state index is 0.127. The standard InChI is InChI=1S/C14H14Br2FNS/c1-2-7-18-13(9-5-3-4-6-11(9)17)10-8-12(15)19-14(10)16/h3-6,8,13,18H,2,7H2,1H3. The number of hydrogen-bond donors (Lipinski definition) is 1. The fraction of sp³-hybridized carbons (Fsp3) is 0.286. The van der Waals surface area contributed by atoms with E-state index in [1.807, 2.05) is 18.2 Å². The molecule has 0 saturated heterocycles. The second kappa shape index (κ2) is 6.97. The Hall–Kier alpha value is -0.230. The van der Waals surface area contributed by atoms with Crippen molar-refractivity contribution in [3.63, 3.8) is 0 Å². The fourth-order valence-corrected chi connectivity index (χ4v) is 4.84. The molecule has 0 bridgehead atoms. The lowest BCUT2D eigenvalue weighted by Crippen LogP contribution is -2.24. The summed E-state index contributed by atoms with van der Waals surface area (Å²) >= 11 is 8.64. The van der Waals surface area contributed by atoms with Crippen molar-refractivity contribution in [2.75, 3.05) is 6.54 Å². The number of rotatable bonds is 5. The Morgan fingerprint density at radius 3 is 2.58 bits per heavy atom. The Balaban J connectivity index is 2.41. The first-order valence-corrected chi connectivity index (χ1v) is 8.46. The van der Waals surface area contributed by atoms with Crippen LogP contribution in [0.5, 0.6) is 0 Å². The van der Waals surface area contributed by atoms with E-state index in [1.54, 1.807) is 17.4 Å². The van der Waals surface area contributed by atoms with Gasteiger partial charge in [0, 0.05) is 5.56 Å². The zero-order chi connectivity index (χ0) is 13.8. The van der Waals surface area contributed by atoms with Gasteiger partial charge in [-0.25, -0.2) is 4.39 Å². The highest BCUT2D eigenvalue weighted by Gasteiger charge is 2.21. The van der Waals surface area contributed by atoms with Gasteiger partial charge in [-0.3, -0.25) is 0 Å². The summed E-state index contributed by atoms with van der Waals surface area (Å²) in [5.41, 5.74) is 1.75. The van der Waals surface area contributed by atoms with E-state index in [-0.39, 0.29) is 11.9 Å². The fourth-order valence-electron chi connectivity index (χ4n) is 1.94. The molecule has 0 radical (unpaired) electrons. The number of thiophene rings is 1.